The van der Waals surface area contributed by atoms with E-state index in [0.29, 0.717) is 6.42 Å². The molecule has 0 aliphatic heterocycles. The number of aryl methyl sites for hydroxylation is 1. The molecule has 3 N–H and O–H groups in total. The Hall–Kier alpha value is -1.79. The summed E-state index contributed by atoms with van der Waals surface area (Å²) < 4.78 is 1.91. The molecule has 6 heteroatoms. The van der Waals surface area contributed by atoms with Crippen molar-refractivity contribution < 1.29 is 0 Å². The van der Waals surface area contributed by atoms with Crippen LogP contribution in [0.3, 0.4) is 0 Å². The predicted octanol–water partition coefficient (Wildman–Crippen LogP) is 1.31. The summed E-state index contributed by atoms with van der Waals surface area (Å²) in [6, 6.07) is 4.21. The highest BCUT2D eigenvalue weighted by atomic mass is 15.3. The van der Waals surface area contributed by atoms with Gasteiger partial charge in [-0.15, -0.1) is 0 Å². The molecule has 1 atom stereocenters. The molecule has 0 aliphatic carbocycles. The topological polar surface area (TPSA) is 81.7 Å². The van der Waals surface area contributed by atoms with Crippen LogP contribution in [0.5, 0.6) is 0 Å². The Morgan fingerprint density at radius 2 is 2.16 bits per heavy atom. The maximum Gasteiger partial charge on any atom is 0.138 e. The number of aromatic nitrogens is 4. The predicted molar refractivity (Wildman–Crippen MR) is 73.1 cm³/mol. The number of hydrogen-bond acceptors (Lipinski definition) is 5. The Labute approximate surface area is 113 Å². The number of hydrazine groups is 1. The molecule has 0 saturated carbocycles. The van der Waals surface area contributed by atoms with E-state index in [9.17, 15) is 0 Å². The quantitative estimate of drug-likeness (QED) is 0.625. The first-order chi connectivity index (χ1) is 9.13. The van der Waals surface area contributed by atoms with E-state index in [1.807, 2.05) is 23.7 Å². The number of nitrogens with zero attached hydrogens (tertiary/aromatic N) is 4. The van der Waals surface area contributed by atoms with Gasteiger partial charge in [-0.25, -0.2) is 9.67 Å². The van der Waals surface area contributed by atoms with Crippen molar-refractivity contribution in [3.63, 3.8) is 0 Å². The van der Waals surface area contributed by atoms with Crippen LogP contribution in [0.2, 0.25) is 0 Å². The van der Waals surface area contributed by atoms with Crippen molar-refractivity contribution in [2.24, 2.45) is 5.84 Å². The van der Waals surface area contributed by atoms with Crippen molar-refractivity contribution in [1.29, 1.82) is 0 Å². The van der Waals surface area contributed by atoms with Crippen LogP contribution in [0.25, 0.3) is 0 Å². The van der Waals surface area contributed by atoms with Gasteiger partial charge in [0, 0.05) is 24.4 Å². The number of hydrogen-bond donors (Lipinski definition) is 2. The molecule has 0 radical (unpaired) electrons. The third kappa shape index (κ3) is 2.97. The molecule has 2 aromatic heterocycles. The normalized spacial score (nSPS) is 12.9. The molecule has 19 heavy (non-hydrogen) atoms. The second-order valence-corrected chi connectivity index (χ2v) is 4.82. The standard InChI is InChI=1S/C13H20N6/c1-9(2)19-13(16-8-17-19)7-12(18-14)11-5-4-6-15-10(11)3/h4-6,8-9,12,18H,7,14H2,1-3H3. The summed E-state index contributed by atoms with van der Waals surface area (Å²) in [4.78, 5) is 8.61. The third-order valence-electron chi connectivity index (χ3n) is 3.15. The molecule has 2 aromatic rings. The lowest BCUT2D eigenvalue weighted by molar-refractivity contribution is 0.467. The Balaban J connectivity index is 2.25. The second kappa shape index (κ2) is 5.90. The van der Waals surface area contributed by atoms with Crippen LogP contribution < -0.4 is 11.3 Å². The maximum absolute atomic E-state index is 5.68. The minimum absolute atomic E-state index is 0.0181. The number of pyridine rings is 1. The van der Waals surface area contributed by atoms with Gasteiger partial charge in [0.1, 0.15) is 12.2 Å². The van der Waals surface area contributed by atoms with Gasteiger partial charge >= 0.3 is 0 Å². The van der Waals surface area contributed by atoms with Gasteiger partial charge in [-0.3, -0.25) is 16.3 Å². The monoisotopic (exact) mass is 260 g/mol. The van der Waals surface area contributed by atoms with E-state index in [-0.39, 0.29) is 12.1 Å². The Kier molecular flexibility index (Phi) is 4.24. The average Bonchev–Trinajstić information content (AvgIpc) is 2.85. The van der Waals surface area contributed by atoms with Gasteiger partial charge in [0.25, 0.3) is 0 Å². The van der Waals surface area contributed by atoms with E-state index in [1.54, 1.807) is 12.5 Å². The van der Waals surface area contributed by atoms with E-state index in [1.165, 1.54) is 0 Å². The molecule has 0 amide bonds. The fourth-order valence-corrected chi connectivity index (χ4v) is 2.16. The van der Waals surface area contributed by atoms with Crippen LogP contribution in [-0.4, -0.2) is 19.7 Å². The van der Waals surface area contributed by atoms with Crippen molar-refractivity contribution in [2.75, 3.05) is 0 Å². The molecule has 0 fully saturated rings. The van der Waals surface area contributed by atoms with Gasteiger partial charge in [0.05, 0.1) is 6.04 Å². The SMILES string of the molecule is Cc1ncccc1C(Cc1ncnn1C(C)C)NN. The highest BCUT2D eigenvalue weighted by Gasteiger charge is 2.17. The fraction of sp³-hybridized carbons (Fsp3) is 0.462. The van der Waals surface area contributed by atoms with E-state index in [0.717, 1.165) is 17.1 Å². The lowest BCUT2D eigenvalue weighted by atomic mass is 10.0. The Bertz CT molecular complexity index is 533. The summed E-state index contributed by atoms with van der Waals surface area (Å²) in [5, 5.41) is 4.24. The van der Waals surface area contributed by atoms with Crippen LogP contribution >= 0.6 is 0 Å². The van der Waals surface area contributed by atoms with Gasteiger partial charge in [0.2, 0.25) is 0 Å². The van der Waals surface area contributed by atoms with Gasteiger partial charge in [-0.1, -0.05) is 6.07 Å². The van der Waals surface area contributed by atoms with Crippen LogP contribution in [0, 0.1) is 6.92 Å². The zero-order valence-corrected chi connectivity index (χ0v) is 11.5. The smallest absolute Gasteiger partial charge is 0.138 e. The summed E-state index contributed by atoms with van der Waals surface area (Å²) in [5.74, 6) is 6.60. The molecule has 102 valence electrons. The minimum Gasteiger partial charge on any atom is -0.271 e. The van der Waals surface area contributed by atoms with Gasteiger partial charge in [0.15, 0.2) is 0 Å². The summed E-state index contributed by atoms with van der Waals surface area (Å²) in [6.45, 7) is 6.14. The Morgan fingerprint density at radius 3 is 2.79 bits per heavy atom. The van der Waals surface area contributed by atoms with Gasteiger partial charge in [-0.05, 0) is 32.4 Å². The van der Waals surface area contributed by atoms with Gasteiger partial charge < -0.3 is 0 Å². The Morgan fingerprint density at radius 1 is 1.37 bits per heavy atom. The number of nitrogens with two attached hydrogens (primary N) is 1. The number of rotatable bonds is 5. The van der Waals surface area contributed by atoms with Crippen LogP contribution in [0.1, 0.15) is 43.0 Å². The summed E-state index contributed by atoms with van der Waals surface area (Å²) >= 11 is 0. The van der Waals surface area contributed by atoms with Crippen molar-refractivity contribution in [2.45, 2.75) is 39.3 Å². The van der Waals surface area contributed by atoms with Crippen molar-refractivity contribution in [3.8, 4) is 0 Å². The maximum atomic E-state index is 5.68. The zero-order chi connectivity index (χ0) is 13.8. The van der Waals surface area contributed by atoms with Crippen molar-refractivity contribution >= 4 is 0 Å². The third-order valence-corrected chi connectivity index (χ3v) is 3.15. The first-order valence-electron chi connectivity index (χ1n) is 6.39. The van der Waals surface area contributed by atoms with Crippen LogP contribution in [-0.2, 0) is 6.42 Å². The number of nitrogens with one attached hydrogen (secondary N) is 1. The summed E-state index contributed by atoms with van der Waals surface area (Å²) in [6.07, 6.45) is 4.04. The lowest BCUT2D eigenvalue weighted by Gasteiger charge is -2.18. The van der Waals surface area contributed by atoms with Crippen molar-refractivity contribution in [1.82, 2.24) is 25.2 Å². The first kappa shape index (κ1) is 13.6. The zero-order valence-electron chi connectivity index (χ0n) is 11.5. The molecule has 2 rings (SSSR count). The van der Waals surface area contributed by atoms with Crippen LogP contribution in [0.4, 0.5) is 0 Å². The molecule has 0 aliphatic rings. The largest absolute Gasteiger partial charge is 0.271 e. The van der Waals surface area contributed by atoms with E-state index in [2.05, 4.69) is 34.3 Å². The fourth-order valence-electron chi connectivity index (χ4n) is 2.16. The molecule has 6 nitrogen and oxygen atoms in total. The van der Waals surface area contributed by atoms with Crippen LogP contribution in [0.15, 0.2) is 24.7 Å². The van der Waals surface area contributed by atoms with E-state index < -0.39 is 0 Å². The van der Waals surface area contributed by atoms with Gasteiger partial charge in [-0.2, -0.15) is 5.10 Å². The highest BCUT2D eigenvalue weighted by molar-refractivity contribution is 5.23. The lowest BCUT2D eigenvalue weighted by Crippen LogP contribution is -2.31. The molecular formula is C13H20N6. The molecule has 1 unspecified atom stereocenters. The highest BCUT2D eigenvalue weighted by Crippen LogP contribution is 2.19. The van der Waals surface area contributed by atoms with Crippen molar-refractivity contribution in [3.05, 3.63) is 41.7 Å². The summed E-state index contributed by atoms with van der Waals surface area (Å²) in [5.41, 5.74) is 4.90. The molecular weight excluding hydrogens is 240 g/mol. The first-order valence-corrected chi connectivity index (χ1v) is 6.39. The molecule has 0 spiro atoms. The summed E-state index contributed by atoms with van der Waals surface area (Å²) in [7, 11) is 0. The average molecular weight is 260 g/mol. The van der Waals surface area contributed by atoms with E-state index in [4.69, 9.17) is 5.84 Å². The minimum atomic E-state index is -0.0181. The molecule has 0 aromatic carbocycles. The second-order valence-electron chi connectivity index (χ2n) is 4.82. The molecule has 0 bridgehead atoms. The molecule has 2 heterocycles. The molecule has 0 saturated heterocycles. The van der Waals surface area contributed by atoms with E-state index >= 15 is 0 Å².